The van der Waals surface area contributed by atoms with Gasteiger partial charge in [0.05, 0.1) is 10.6 Å². The molecule has 1 N–H and O–H groups in total. The van der Waals surface area contributed by atoms with Gasteiger partial charge in [-0.05, 0) is 56.0 Å². The molecule has 1 spiro atoms. The highest BCUT2D eigenvalue weighted by atomic mass is 35.5. The highest BCUT2D eigenvalue weighted by molar-refractivity contribution is 7.10. The number of nitrogens with one attached hydrogen (secondary N) is 1. The van der Waals surface area contributed by atoms with E-state index in [1.54, 1.807) is 0 Å². The second kappa shape index (κ2) is 6.57. The van der Waals surface area contributed by atoms with Crippen molar-refractivity contribution in [3.8, 4) is 0 Å². The van der Waals surface area contributed by atoms with Crippen LogP contribution in [0.4, 0.5) is 0 Å². The molecule has 118 valence electrons. The van der Waals surface area contributed by atoms with Gasteiger partial charge in [0.15, 0.2) is 0 Å². The van der Waals surface area contributed by atoms with E-state index in [1.165, 1.54) is 42.5 Å². The van der Waals surface area contributed by atoms with Crippen LogP contribution in [0.15, 0.2) is 5.38 Å². The number of hydrogen-bond donors (Lipinski definition) is 1. The zero-order valence-electron chi connectivity index (χ0n) is 13.1. The summed E-state index contributed by atoms with van der Waals surface area (Å²) in [7, 11) is 0. The maximum atomic E-state index is 6.55. The molecule has 1 aromatic rings. The fourth-order valence-corrected chi connectivity index (χ4v) is 5.55. The van der Waals surface area contributed by atoms with Gasteiger partial charge in [0.2, 0.25) is 0 Å². The fraction of sp³-hybridized carbons (Fsp3) is 0.765. The van der Waals surface area contributed by atoms with Gasteiger partial charge >= 0.3 is 0 Å². The number of halogens is 1. The topological polar surface area (TPSA) is 21.3 Å². The largest absolute Gasteiger partial charge is 0.375 e. The van der Waals surface area contributed by atoms with Crippen molar-refractivity contribution in [1.82, 2.24) is 5.32 Å². The molecule has 0 radical (unpaired) electrons. The van der Waals surface area contributed by atoms with Crippen LogP contribution in [0, 0.1) is 12.8 Å². The third-order valence-electron chi connectivity index (χ3n) is 5.15. The van der Waals surface area contributed by atoms with Crippen LogP contribution in [-0.4, -0.2) is 18.8 Å². The summed E-state index contributed by atoms with van der Waals surface area (Å²) in [5, 5.41) is 6.86. The van der Waals surface area contributed by atoms with Gasteiger partial charge in [-0.15, -0.1) is 11.3 Å². The molecule has 1 saturated heterocycles. The minimum Gasteiger partial charge on any atom is -0.375 e. The first-order valence-corrected chi connectivity index (χ1v) is 9.52. The van der Waals surface area contributed by atoms with Crippen LogP contribution < -0.4 is 5.32 Å². The van der Waals surface area contributed by atoms with Gasteiger partial charge < -0.3 is 10.1 Å². The number of aryl methyl sites for hydroxylation is 1. The molecule has 3 rings (SSSR count). The molecular formula is C17H26ClNOS. The van der Waals surface area contributed by atoms with Gasteiger partial charge in [-0.2, -0.15) is 0 Å². The van der Waals surface area contributed by atoms with E-state index < -0.39 is 0 Å². The highest BCUT2D eigenvalue weighted by Crippen LogP contribution is 2.47. The first-order valence-electron chi connectivity index (χ1n) is 8.26. The molecule has 1 aromatic heterocycles. The summed E-state index contributed by atoms with van der Waals surface area (Å²) >= 11 is 8.36. The third-order valence-corrected chi connectivity index (χ3v) is 6.95. The summed E-state index contributed by atoms with van der Waals surface area (Å²) in [5.41, 5.74) is 1.39. The first-order chi connectivity index (χ1) is 10.2. The van der Waals surface area contributed by atoms with Crippen LogP contribution >= 0.6 is 22.9 Å². The highest BCUT2D eigenvalue weighted by Gasteiger charge is 2.42. The summed E-state index contributed by atoms with van der Waals surface area (Å²) < 4.78 is 6.20. The van der Waals surface area contributed by atoms with E-state index in [1.807, 2.05) is 11.3 Å². The average Bonchev–Trinajstić information content (AvgIpc) is 3.06. The van der Waals surface area contributed by atoms with Crippen LogP contribution in [0.1, 0.15) is 61.9 Å². The van der Waals surface area contributed by atoms with E-state index in [-0.39, 0.29) is 5.60 Å². The lowest BCUT2D eigenvalue weighted by atomic mass is 9.80. The van der Waals surface area contributed by atoms with Crippen LogP contribution in [0.25, 0.3) is 0 Å². The Morgan fingerprint density at radius 3 is 2.86 bits per heavy atom. The monoisotopic (exact) mass is 327 g/mol. The smallest absolute Gasteiger partial charge is 0.0686 e. The summed E-state index contributed by atoms with van der Waals surface area (Å²) in [4.78, 5) is 1.33. The van der Waals surface area contributed by atoms with Crippen LogP contribution in [0.5, 0.6) is 0 Å². The van der Waals surface area contributed by atoms with Crippen molar-refractivity contribution in [2.45, 2.75) is 64.0 Å². The summed E-state index contributed by atoms with van der Waals surface area (Å²) in [6, 6.07) is 0.391. The third kappa shape index (κ3) is 3.17. The normalized spacial score (nSPS) is 26.3. The number of ether oxygens (including phenoxy) is 1. The number of thiophene rings is 1. The molecule has 0 aromatic carbocycles. The second-order valence-corrected chi connectivity index (χ2v) is 7.91. The van der Waals surface area contributed by atoms with Gasteiger partial charge in [0.1, 0.15) is 0 Å². The molecule has 4 heteroatoms. The Balaban J connectivity index is 1.81. The van der Waals surface area contributed by atoms with Crippen molar-refractivity contribution >= 4 is 22.9 Å². The predicted molar refractivity (Wildman–Crippen MR) is 90.4 cm³/mol. The van der Waals surface area contributed by atoms with Crippen molar-refractivity contribution in [1.29, 1.82) is 0 Å². The molecule has 2 atom stereocenters. The first kappa shape index (κ1) is 15.8. The molecule has 2 unspecified atom stereocenters. The SMILES string of the molecule is CCNC(c1scc(C)c1Cl)C1CCOC2(CCCC2)C1. The standard InChI is InChI=1S/C17H26ClNOS/c1-3-19-15(16-14(18)12(2)11-21-16)13-6-9-20-17(10-13)7-4-5-8-17/h11,13,15,19H,3-10H2,1-2H3. The summed E-state index contributed by atoms with van der Waals surface area (Å²) in [6.07, 6.45) is 7.50. The molecule has 0 bridgehead atoms. The minimum atomic E-state index is 0.176. The molecule has 2 nitrogen and oxygen atoms in total. The Kier molecular flexibility index (Phi) is 4.94. The lowest BCUT2D eigenvalue weighted by molar-refractivity contribution is -0.0979. The molecule has 1 aliphatic carbocycles. The molecule has 1 aliphatic heterocycles. The van der Waals surface area contributed by atoms with Crippen molar-refractivity contribution in [3.63, 3.8) is 0 Å². The Hall–Kier alpha value is -0.0900. The van der Waals surface area contributed by atoms with Crippen molar-refractivity contribution in [3.05, 3.63) is 20.8 Å². The molecule has 1 saturated carbocycles. The van der Waals surface area contributed by atoms with Gasteiger partial charge in [-0.1, -0.05) is 31.4 Å². The molecule has 2 fully saturated rings. The molecule has 0 amide bonds. The molecule has 21 heavy (non-hydrogen) atoms. The zero-order chi connectivity index (χ0) is 14.9. The van der Waals surface area contributed by atoms with Crippen LogP contribution in [-0.2, 0) is 4.74 Å². The maximum Gasteiger partial charge on any atom is 0.0686 e. The van der Waals surface area contributed by atoms with E-state index in [0.717, 1.165) is 24.6 Å². The summed E-state index contributed by atoms with van der Waals surface area (Å²) in [5.74, 6) is 0.646. The van der Waals surface area contributed by atoms with Crippen molar-refractivity contribution in [2.24, 2.45) is 5.92 Å². The Labute approximate surface area is 137 Å². The lowest BCUT2D eigenvalue weighted by Crippen LogP contribution is -2.41. The van der Waals surface area contributed by atoms with Crippen molar-refractivity contribution < 1.29 is 4.74 Å². The Bertz CT molecular complexity index is 481. The van der Waals surface area contributed by atoms with E-state index in [4.69, 9.17) is 16.3 Å². The summed E-state index contributed by atoms with van der Waals surface area (Å²) in [6.45, 7) is 6.19. The zero-order valence-corrected chi connectivity index (χ0v) is 14.7. The van der Waals surface area contributed by atoms with Crippen LogP contribution in [0.3, 0.4) is 0 Å². The molecular weight excluding hydrogens is 302 g/mol. The second-order valence-electron chi connectivity index (χ2n) is 6.62. The van der Waals surface area contributed by atoms with Gasteiger partial charge in [-0.3, -0.25) is 0 Å². The lowest BCUT2D eigenvalue weighted by Gasteiger charge is -2.41. The van der Waals surface area contributed by atoms with E-state index in [0.29, 0.717) is 12.0 Å². The maximum absolute atomic E-state index is 6.55. The minimum absolute atomic E-state index is 0.176. The van der Waals surface area contributed by atoms with E-state index in [2.05, 4.69) is 24.5 Å². The fourth-order valence-electron chi connectivity index (χ4n) is 4.07. The average molecular weight is 328 g/mol. The van der Waals surface area contributed by atoms with Gasteiger partial charge in [0, 0.05) is 17.5 Å². The van der Waals surface area contributed by atoms with Crippen molar-refractivity contribution in [2.75, 3.05) is 13.2 Å². The predicted octanol–water partition coefficient (Wildman–Crippen LogP) is 5.10. The van der Waals surface area contributed by atoms with E-state index >= 15 is 0 Å². The number of hydrogen-bond acceptors (Lipinski definition) is 3. The molecule has 2 aliphatic rings. The Morgan fingerprint density at radius 1 is 1.48 bits per heavy atom. The van der Waals surface area contributed by atoms with Crippen LogP contribution in [0.2, 0.25) is 5.02 Å². The van der Waals surface area contributed by atoms with Gasteiger partial charge in [-0.25, -0.2) is 0 Å². The van der Waals surface area contributed by atoms with E-state index in [9.17, 15) is 0 Å². The van der Waals surface area contributed by atoms with Gasteiger partial charge in [0.25, 0.3) is 0 Å². The molecule has 2 heterocycles. The Morgan fingerprint density at radius 2 is 2.24 bits per heavy atom. The number of rotatable bonds is 4. The quantitative estimate of drug-likeness (QED) is 0.830.